The number of piperidine rings is 1. The van der Waals surface area contributed by atoms with Gasteiger partial charge in [0.2, 0.25) is 0 Å². The molecule has 1 aliphatic rings. The van der Waals surface area contributed by atoms with E-state index in [9.17, 15) is 0 Å². The molecular formula is C19H17N5. The van der Waals surface area contributed by atoms with Gasteiger partial charge in [0.15, 0.2) is 11.5 Å². The average Bonchev–Trinajstić information content (AvgIpc) is 2.62. The zero-order chi connectivity index (χ0) is 16.8. The Morgan fingerprint density at radius 1 is 1.17 bits per heavy atom. The quantitative estimate of drug-likeness (QED) is 0.757. The van der Waals surface area contributed by atoms with Crippen LogP contribution in [0.4, 0.5) is 5.82 Å². The van der Waals surface area contributed by atoms with E-state index in [0.717, 1.165) is 37.3 Å². The maximum atomic E-state index is 9.13. The number of allylic oxidation sites excluding steroid dienone is 1. The summed E-state index contributed by atoms with van der Waals surface area (Å²) in [5.74, 6) is 6.85. The van der Waals surface area contributed by atoms with E-state index in [1.165, 1.54) is 5.57 Å². The molecule has 3 heterocycles. The van der Waals surface area contributed by atoms with E-state index in [2.05, 4.69) is 37.8 Å². The highest BCUT2D eigenvalue weighted by molar-refractivity contribution is 5.50. The smallest absolute Gasteiger partial charge is 0.183 e. The normalized spacial score (nSPS) is 13.7. The first-order valence-electron chi connectivity index (χ1n) is 7.85. The van der Waals surface area contributed by atoms with Crippen LogP contribution in [0.2, 0.25) is 0 Å². The molecule has 5 heteroatoms. The maximum Gasteiger partial charge on any atom is 0.183 e. The minimum Gasteiger partial charge on any atom is -0.354 e. The fraction of sp³-hybridized carbons (Fsp3) is 0.263. The standard InChI is InChI=1S/C19H17N5/c1-15-4-2-6-17(23-15)7-3-5-16-8-12-24(13-9-16)19-18(14-20)21-10-11-22-19/h2,4-6,10-11H,8-9,12-13H2,1H3. The van der Waals surface area contributed by atoms with Crippen LogP contribution in [-0.4, -0.2) is 28.0 Å². The molecule has 5 nitrogen and oxygen atoms in total. The van der Waals surface area contributed by atoms with Crippen LogP contribution in [0.3, 0.4) is 0 Å². The van der Waals surface area contributed by atoms with Crippen molar-refractivity contribution in [3.63, 3.8) is 0 Å². The monoisotopic (exact) mass is 315 g/mol. The van der Waals surface area contributed by atoms with Gasteiger partial charge in [-0.15, -0.1) is 0 Å². The average molecular weight is 315 g/mol. The highest BCUT2D eigenvalue weighted by Crippen LogP contribution is 2.22. The number of anilines is 1. The minimum atomic E-state index is 0.384. The van der Waals surface area contributed by atoms with Crippen LogP contribution < -0.4 is 4.90 Å². The second kappa shape index (κ2) is 7.39. The topological polar surface area (TPSA) is 65.7 Å². The molecule has 0 aromatic carbocycles. The molecule has 0 aliphatic carbocycles. The predicted molar refractivity (Wildman–Crippen MR) is 92.1 cm³/mol. The third-order valence-corrected chi connectivity index (χ3v) is 3.85. The number of pyridine rings is 1. The number of rotatable bonds is 1. The number of aromatic nitrogens is 3. The van der Waals surface area contributed by atoms with Crippen LogP contribution in [0.5, 0.6) is 0 Å². The Morgan fingerprint density at radius 2 is 1.96 bits per heavy atom. The summed E-state index contributed by atoms with van der Waals surface area (Å²) < 4.78 is 0. The van der Waals surface area contributed by atoms with E-state index in [1.54, 1.807) is 12.4 Å². The molecule has 0 N–H and O–H groups in total. The second-order valence-electron chi connectivity index (χ2n) is 5.56. The van der Waals surface area contributed by atoms with E-state index < -0.39 is 0 Å². The Hall–Kier alpha value is -3.18. The Balaban J connectivity index is 1.64. The molecule has 0 spiro atoms. The van der Waals surface area contributed by atoms with Crippen molar-refractivity contribution in [2.75, 3.05) is 18.0 Å². The molecule has 2 aromatic rings. The van der Waals surface area contributed by atoms with Crippen molar-refractivity contribution in [1.82, 2.24) is 15.0 Å². The van der Waals surface area contributed by atoms with Gasteiger partial charge in [-0.05, 0) is 43.9 Å². The second-order valence-corrected chi connectivity index (χ2v) is 5.56. The molecule has 0 radical (unpaired) electrons. The van der Waals surface area contributed by atoms with Crippen LogP contribution in [-0.2, 0) is 0 Å². The fourth-order valence-corrected chi connectivity index (χ4v) is 2.62. The highest BCUT2D eigenvalue weighted by Gasteiger charge is 2.18. The van der Waals surface area contributed by atoms with Crippen molar-refractivity contribution in [3.8, 4) is 17.9 Å². The predicted octanol–water partition coefficient (Wildman–Crippen LogP) is 2.63. The first-order chi connectivity index (χ1) is 11.8. The summed E-state index contributed by atoms with van der Waals surface area (Å²) in [7, 11) is 0. The highest BCUT2D eigenvalue weighted by atomic mass is 15.2. The van der Waals surface area contributed by atoms with E-state index in [-0.39, 0.29) is 0 Å². The van der Waals surface area contributed by atoms with Crippen molar-refractivity contribution in [2.24, 2.45) is 0 Å². The Labute approximate surface area is 141 Å². The Kier molecular flexibility index (Phi) is 4.84. The molecule has 0 unspecified atom stereocenters. The number of hydrogen-bond acceptors (Lipinski definition) is 5. The van der Waals surface area contributed by atoms with Crippen molar-refractivity contribution < 1.29 is 0 Å². The summed E-state index contributed by atoms with van der Waals surface area (Å²) in [4.78, 5) is 14.8. The van der Waals surface area contributed by atoms with E-state index in [0.29, 0.717) is 11.5 Å². The largest absolute Gasteiger partial charge is 0.354 e. The summed E-state index contributed by atoms with van der Waals surface area (Å²) in [6.07, 6.45) is 6.99. The first kappa shape index (κ1) is 15.7. The number of nitriles is 1. The lowest BCUT2D eigenvalue weighted by molar-refractivity contribution is 0.675. The molecule has 2 aromatic heterocycles. The van der Waals surface area contributed by atoms with Crippen LogP contribution in [0.25, 0.3) is 0 Å². The van der Waals surface area contributed by atoms with Gasteiger partial charge < -0.3 is 4.90 Å². The molecule has 1 aliphatic heterocycles. The summed E-state index contributed by atoms with van der Waals surface area (Å²) >= 11 is 0. The van der Waals surface area contributed by atoms with Gasteiger partial charge in [0.05, 0.1) is 0 Å². The molecule has 1 saturated heterocycles. The van der Waals surface area contributed by atoms with Crippen molar-refractivity contribution in [3.05, 3.63) is 59.3 Å². The van der Waals surface area contributed by atoms with Crippen LogP contribution in [0.15, 0.2) is 42.2 Å². The Morgan fingerprint density at radius 3 is 2.71 bits per heavy atom. The number of aryl methyl sites for hydroxylation is 1. The lowest BCUT2D eigenvalue weighted by Gasteiger charge is -2.29. The molecule has 0 atom stereocenters. The van der Waals surface area contributed by atoms with Gasteiger partial charge >= 0.3 is 0 Å². The fourth-order valence-electron chi connectivity index (χ4n) is 2.62. The van der Waals surface area contributed by atoms with E-state index in [1.807, 2.05) is 31.2 Å². The maximum absolute atomic E-state index is 9.13. The molecule has 0 bridgehead atoms. The van der Waals surface area contributed by atoms with Crippen LogP contribution in [0.1, 0.15) is 29.9 Å². The van der Waals surface area contributed by atoms with E-state index in [4.69, 9.17) is 5.26 Å². The van der Waals surface area contributed by atoms with Gasteiger partial charge in [0.1, 0.15) is 11.8 Å². The van der Waals surface area contributed by atoms with Crippen LogP contribution >= 0.6 is 0 Å². The van der Waals surface area contributed by atoms with Crippen LogP contribution in [0, 0.1) is 30.1 Å². The van der Waals surface area contributed by atoms with Gasteiger partial charge in [-0.1, -0.05) is 17.6 Å². The van der Waals surface area contributed by atoms with Gasteiger partial charge in [0, 0.05) is 31.2 Å². The molecule has 1 fully saturated rings. The third kappa shape index (κ3) is 3.77. The lowest BCUT2D eigenvalue weighted by atomic mass is 10.0. The summed E-state index contributed by atoms with van der Waals surface area (Å²) in [6, 6.07) is 7.94. The van der Waals surface area contributed by atoms with Crippen molar-refractivity contribution in [2.45, 2.75) is 19.8 Å². The summed E-state index contributed by atoms with van der Waals surface area (Å²) in [5.41, 5.74) is 3.46. The molecular weight excluding hydrogens is 298 g/mol. The third-order valence-electron chi connectivity index (χ3n) is 3.85. The molecule has 0 amide bonds. The lowest BCUT2D eigenvalue weighted by Crippen LogP contribution is -2.32. The molecule has 24 heavy (non-hydrogen) atoms. The molecule has 3 rings (SSSR count). The summed E-state index contributed by atoms with van der Waals surface area (Å²) in [6.45, 7) is 3.61. The minimum absolute atomic E-state index is 0.384. The van der Waals surface area contributed by atoms with Gasteiger partial charge in [-0.25, -0.2) is 15.0 Å². The SMILES string of the molecule is Cc1cccc(C#CC=C2CCN(c3nccnc3C#N)CC2)n1. The first-order valence-corrected chi connectivity index (χ1v) is 7.85. The van der Waals surface area contributed by atoms with Gasteiger partial charge in [-0.2, -0.15) is 5.26 Å². The molecule has 118 valence electrons. The Bertz CT molecular complexity index is 857. The van der Waals surface area contributed by atoms with E-state index >= 15 is 0 Å². The number of nitrogens with zero attached hydrogens (tertiary/aromatic N) is 5. The van der Waals surface area contributed by atoms with Gasteiger partial charge in [-0.3, -0.25) is 0 Å². The van der Waals surface area contributed by atoms with Gasteiger partial charge in [0.25, 0.3) is 0 Å². The van der Waals surface area contributed by atoms with Crippen molar-refractivity contribution >= 4 is 5.82 Å². The summed E-state index contributed by atoms with van der Waals surface area (Å²) in [5, 5.41) is 9.13. The zero-order valence-electron chi connectivity index (χ0n) is 13.5. The number of hydrogen-bond donors (Lipinski definition) is 0. The zero-order valence-corrected chi connectivity index (χ0v) is 13.5. The van der Waals surface area contributed by atoms with Crippen molar-refractivity contribution in [1.29, 1.82) is 5.26 Å². The molecule has 0 saturated carbocycles.